The molecule has 10 nitrogen and oxygen atoms in total. The van der Waals surface area contributed by atoms with Crippen molar-refractivity contribution >= 4 is 36.0 Å². The van der Waals surface area contributed by atoms with Crippen LogP contribution in [0.25, 0.3) is 0 Å². The van der Waals surface area contributed by atoms with Crippen molar-refractivity contribution in [3.63, 3.8) is 0 Å². The van der Waals surface area contributed by atoms with Gasteiger partial charge in [-0.05, 0) is 44.2 Å². The Bertz CT molecular complexity index is 1940. The fourth-order valence-corrected chi connectivity index (χ4v) is 11.2. The van der Waals surface area contributed by atoms with Crippen molar-refractivity contribution in [2.45, 2.75) is 39.6 Å². The number of amides is 1. The van der Waals surface area contributed by atoms with Crippen LogP contribution in [-0.4, -0.2) is 58.4 Å². The fourth-order valence-electron chi connectivity index (χ4n) is 6.28. The van der Waals surface area contributed by atoms with E-state index in [4.69, 9.17) is 0 Å². The lowest BCUT2D eigenvalue weighted by atomic mass is 9.74. The van der Waals surface area contributed by atoms with Crippen LogP contribution in [0.2, 0.25) is 0 Å². The second-order valence-electron chi connectivity index (χ2n) is 10.7. The number of nitrogens with one attached hydrogen (secondary N) is 1. The van der Waals surface area contributed by atoms with Crippen molar-refractivity contribution in [1.29, 1.82) is 0 Å². The first-order valence-corrected chi connectivity index (χ1v) is 17.1. The van der Waals surface area contributed by atoms with E-state index in [0.29, 0.717) is 4.31 Å². The number of hydrogen-bond donors (Lipinski definition) is 1. The lowest BCUT2D eigenvalue weighted by molar-refractivity contribution is -0.130. The van der Waals surface area contributed by atoms with Gasteiger partial charge in [0.05, 0.1) is 20.2 Å². The van der Waals surface area contributed by atoms with Gasteiger partial charge in [-0.25, -0.2) is 29.6 Å². The molecule has 3 atom stereocenters. The molecular weight excluding hydrogens is 587 g/mol. The van der Waals surface area contributed by atoms with Gasteiger partial charge in [0, 0.05) is 24.6 Å². The van der Waals surface area contributed by atoms with Crippen molar-refractivity contribution < 1.29 is 30.0 Å². The summed E-state index contributed by atoms with van der Waals surface area (Å²) in [6.07, 6.45) is 1.26. The highest BCUT2D eigenvalue weighted by Gasteiger charge is 2.76. The van der Waals surface area contributed by atoms with Gasteiger partial charge in [0.2, 0.25) is 20.0 Å². The lowest BCUT2D eigenvalue weighted by Crippen LogP contribution is -2.53. The molecule has 0 bridgehead atoms. The predicted molar refractivity (Wildman–Crippen MR) is 150 cm³/mol. The molecule has 1 spiro atoms. The largest absolute Gasteiger partial charge is 0.271 e. The molecule has 0 unspecified atom stereocenters. The standard InChI is InChI=1S/C28H27N3O7S3/c1-4-27-18-30(40(35,36)21-13-9-19(2)10-14-21)17-25(27)28(23-7-5-6-8-24(23)39(33,34)29-28)26(32)31(27)41(37,38)22-15-11-20(3)12-16-22/h4-16,25,29H,1,17-18H2,2-3H3/t25-,27+,28+/m0/s1. The molecule has 1 amide bonds. The Morgan fingerprint density at radius 2 is 1.41 bits per heavy atom. The van der Waals surface area contributed by atoms with Crippen LogP contribution in [0, 0.1) is 19.8 Å². The SMILES string of the molecule is C=C[C@@]12CN(S(=O)(=O)c3ccc(C)cc3)C[C@@H]1[C@@]1(NS(=O)(=O)c3ccccc31)C(=O)N2S(=O)(=O)c1ccc(C)cc1. The van der Waals surface area contributed by atoms with Crippen molar-refractivity contribution in [2.75, 3.05) is 13.1 Å². The van der Waals surface area contributed by atoms with Gasteiger partial charge in [0.15, 0.2) is 0 Å². The minimum absolute atomic E-state index is 0.0111. The molecule has 1 N–H and O–H groups in total. The number of carbonyl (C=O) groups is 1. The van der Waals surface area contributed by atoms with E-state index in [2.05, 4.69) is 11.3 Å². The zero-order valence-corrected chi connectivity index (χ0v) is 24.6. The van der Waals surface area contributed by atoms with Crippen LogP contribution in [-0.2, 0) is 40.4 Å². The van der Waals surface area contributed by atoms with Gasteiger partial charge in [-0.1, -0.05) is 59.7 Å². The summed E-state index contributed by atoms with van der Waals surface area (Å²) < 4.78 is 87.1. The molecule has 6 rings (SSSR count). The van der Waals surface area contributed by atoms with E-state index < -0.39 is 59.5 Å². The summed E-state index contributed by atoms with van der Waals surface area (Å²) in [4.78, 5) is 14.1. The Morgan fingerprint density at radius 1 is 0.878 bits per heavy atom. The zero-order chi connectivity index (χ0) is 29.6. The van der Waals surface area contributed by atoms with Crippen molar-refractivity contribution in [3.8, 4) is 0 Å². The van der Waals surface area contributed by atoms with Crippen LogP contribution in [0.5, 0.6) is 0 Å². The van der Waals surface area contributed by atoms with E-state index in [-0.39, 0.29) is 26.8 Å². The average molecular weight is 614 g/mol. The van der Waals surface area contributed by atoms with Gasteiger partial charge in [-0.2, -0.15) is 9.03 Å². The quantitative estimate of drug-likeness (QED) is 0.436. The van der Waals surface area contributed by atoms with Crippen molar-refractivity contribution in [1.82, 2.24) is 13.3 Å². The summed E-state index contributed by atoms with van der Waals surface area (Å²) in [6.45, 7) is 6.68. The monoisotopic (exact) mass is 613 g/mol. The summed E-state index contributed by atoms with van der Waals surface area (Å²) in [7, 11) is -13.0. The van der Waals surface area contributed by atoms with Crippen LogP contribution < -0.4 is 4.72 Å². The maximum atomic E-state index is 14.5. The van der Waals surface area contributed by atoms with E-state index in [1.807, 2.05) is 6.92 Å². The van der Waals surface area contributed by atoms with Gasteiger partial charge in [-0.15, -0.1) is 6.58 Å². The molecule has 41 heavy (non-hydrogen) atoms. The smallest absolute Gasteiger partial charge is 0.267 e. The number of fused-ring (bicyclic) bond motifs is 4. The maximum absolute atomic E-state index is 14.5. The highest BCUT2D eigenvalue weighted by Crippen LogP contribution is 2.58. The molecule has 3 aromatic rings. The summed E-state index contributed by atoms with van der Waals surface area (Å²) in [5, 5.41) is 0. The van der Waals surface area contributed by atoms with Gasteiger partial charge < -0.3 is 0 Å². The van der Waals surface area contributed by atoms with Crippen molar-refractivity contribution in [3.05, 3.63) is 102 Å². The third kappa shape index (κ3) is 3.66. The highest BCUT2D eigenvalue weighted by molar-refractivity contribution is 7.90. The summed E-state index contributed by atoms with van der Waals surface area (Å²) >= 11 is 0. The highest BCUT2D eigenvalue weighted by atomic mass is 32.2. The molecule has 0 aliphatic carbocycles. The minimum Gasteiger partial charge on any atom is -0.271 e. The van der Waals surface area contributed by atoms with E-state index in [1.54, 1.807) is 37.3 Å². The molecule has 0 saturated carbocycles. The van der Waals surface area contributed by atoms with Crippen LogP contribution in [0.4, 0.5) is 0 Å². The molecule has 0 aromatic heterocycles. The Labute approximate surface area is 239 Å². The number of aryl methyl sites for hydroxylation is 2. The Hall–Kier alpha value is -3.36. The molecule has 2 fully saturated rings. The Morgan fingerprint density at radius 3 is 1.98 bits per heavy atom. The molecule has 2 saturated heterocycles. The number of rotatable bonds is 5. The Balaban J connectivity index is 1.60. The number of hydrogen-bond acceptors (Lipinski definition) is 7. The molecule has 13 heteroatoms. The van der Waals surface area contributed by atoms with Gasteiger partial charge >= 0.3 is 0 Å². The van der Waals surface area contributed by atoms with Gasteiger partial charge in [0.1, 0.15) is 5.54 Å². The van der Waals surface area contributed by atoms with E-state index in [9.17, 15) is 30.0 Å². The molecule has 3 aliphatic heterocycles. The van der Waals surface area contributed by atoms with Gasteiger partial charge in [-0.3, -0.25) is 4.79 Å². The summed E-state index contributed by atoms with van der Waals surface area (Å²) in [6, 6.07) is 17.9. The second kappa shape index (κ2) is 8.82. The molecule has 3 heterocycles. The first kappa shape index (κ1) is 27.8. The molecule has 3 aromatic carbocycles. The molecule has 3 aliphatic rings. The first-order chi connectivity index (χ1) is 19.2. The molecule has 0 radical (unpaired) electrons. The van der Waals surface area contributed by atoms with E-state index in [0.717, 1.165) is 15.4 Å². The topological polar surface area (TPSA) is 138 Å². The first-order valence-electron chi connectivity index (χ1n) is 12.7. The van der Waals surface area contributed by atoms with Crippen LogP contribution in [0.15, 0.2) is 100 Å². The number of benzene rings is 3. The van der Waals surface area contributed by atoms with E-state index >= 15 is 0 Å². The summed E-state index contributed by atoms with van der Waals surface area (Å²) in [5.41, 5.74) is -2.19. The van der Waals surface area contributed by atoms with Crippen LogP contribution in [0.3, 0.4) is 0 Å². The lowest BCUT2D eigenvalue weighted by Gasteiger charge is -2.34. The molecule has 214 valence electrons. The Kier molecular flexibility index (Phi) is 5.98. The number of carbonyl (C=O) groups excluding carboxylic acids is 1. The second-order valence-corrected chi connectivity index (χ2v) is 16.0. The third-order valence-corrected chi connectivity index (χ3v) is 13.5. The summed E-state index contributed by atoms with van der Waals surface area (Å²) in [5.74, 6) is -2.18. The van der Waals surface area contributed by atoms with E-state index in [1.165, 1.54) is 48.5 Å². The normalized spacial score (nSPS) is 27.2. The minimum atomic E-state index is -4.62. The zero-order valence-electron chi connectivity index (χ0n) is 22.2. The average Bonchev–Trinajstić information content (AvgIpc) is 3.50. The third-order valence-electron chi connectivity index (χ3n) is 8.31. The number of sulfonamides is 3. The fraction of sp³-hybridized carbons (Fsp3) is 0.250. The van der Waals surface area contributed by atoms with Crippen molar-refractivity contribution in [2.24, 2.45) is 5.92 Å². The predicted octanol–water partition coefficient (Wildman–Crippen LogP) is 2.27. The van der Waals surface area contributed by atoms with Gasteiger partial charge in [0.25, 0.3) is 15.9 Å². The molecular formula is C28H27N3O7S3. The van der Waals surface area contributed by atoms with Crippen LogP contribution in [0.1, 0.15) is 16.7 Å². The maximum Gasteiger partial charge on any atom is 0.267 e. The van der Waals surface area contributed by atoms with Crippen LogP contribution >= 0.6 is 0 Å². The number of nitrogens with zero attached hydrogens (tertiary/aromatic N) is 2.